The Morgan fingerprint density at radius 2 is 1.57 bits per heavy atom. The second-order valence-electron chi connectivity index (χ2n) is 6.38. The van der Waals surface area contributed by atoms with Crippen LogP contribution in [0.4, 0.5) is 0 Å². The van der Waals surface area contributed by atoms with Crippen LogP contribution in [0.2, 0.25) is 21.6 Å². The van der Waals surface area contributed by atoms with Crippen LogP contribution >= 0.6 is 11.6 Å². The van der Waals surface area contributed by atoms with Gasteiger partial charge in [0.15, 0.2) is 6.29 Å². The summed E-state index contributed by atoms with van der Waals surface area (Å²) < 4.78 is 6.45. The minimum atomic E-state index is -2.10. The fourth-order valence-corrected chi connectivity index (χ4v) is 8.75. The second-order valence-corrected chi connectivity index (χ2v) is 12.2. The Kier molecular flexibility index (Phi) is 5.88. The van der Waals surface area contributed by atoms with Crippen LogP contribution in [0.25, 0.3) is 0 Å². The first-order valence-corrected chi connectivity index (χ1v) is 9.85. The molecule has 3 nitrogen and oxygen atoms in total. The zero-order valence-corrected chi connectivity index (χ0v) is 15.4. The van der Waals surface area contributed by atoms with Gasteiger partial charge in [-0.05, 0) is 22.7 Å². The van der Waals surface area contributed by atoms with Crippen LogP contribution in [0.1, 0.15) is 51.9 Å². The molecule has 0 fully saturated rings. The maximum Gasteiger partial charge on any atom is 0.258 e. The van der Waals surface area contributed by atoms with Crippen molar-refractivity contribution >= 4 is 26.2 Å². The van der Waals surface area contributed by atoms with Crippen LogP contribution in [0.15, 0.2) is 12.1 Å². The summed E-state index contributed by atoms with van der Waals surface area (Å²) in [6.07, 6.45) is 0.595. The van der Waals surface area contributed by atoms with Crippen molar-refractivity contribution in [3.05, 3.63) is 22.7 Å². The average molecular weight is 329 g/mol. The van der Waals surface area contributed by atoms with Crippen molar-refractivity contribution in [3.63, 3.8) is 0 Å². The summed E-state index contributed by atoms with van der Waals surface area (Å²) in [6, 6.07) is 3.17. The fraction of sp³-hybridized carbons (Fsp3) is 0.562. The molecule has 0 aliphatic heterocycles. The van der Waals surface area contributed by atoms with E-state index < -0.39 is 8.32 Å². The van der Waals surface area contributed by atoms with Crippen molar-refractivity contribution < 1.29 is 14.3 Å². The smallest absolute Gasteiger partial charge is 0.258 e. The van der Waals surface area contributed by atoms with Gasteiger partial charge >= 0.3 is 0 Å². The zero-order valence-electron chi connectivity index (χ0n) is 13.6. The molecule has 1 aromatic rings. The summed E-state index contributed by atoms with van der Waals surface area (Å²) in [6.45, 7) is 13.1. The van der Waals surface area contributed by atoms with Crippen LogP contribution in [0, 0.1) is 0 Å². The van der Waals surface area contributed by atoms with Gasteiger partial charge in [0.25, 0.3) is 8.32 Å². The Hall–Kier alpha value is -1.00. The van der Waals surface area contributed by atoms with Gasteiger partial charge in [0.05, 0.1) is 10.6 Å². The van der Waals surface area contributed by atoms with Gasteiger partial charge in [0, 0.05) is 6.07 Å². The summed E-state index contributed by atoms with van der Waals surface area (Å²) in [7, 11) is -2.10. The largest absolute Gasteiger partial charge is 0.543 e. The van der Waals surface area contributed by atoms with E-state index in [0.29, 0.717) is 28.7 Å². The van der Waals surface area contributed by atoms with Gasteiger partial charge < -0.3 is 9.53 Å². The third kappa shape index (κ3) is 3.43. The van der Waals surface area contributed by atoms with Crippen LogP contribution < -0.4 is 4.43 Å². The number of benzene rings is 1. The normalized spacial score (nSPS) is 12.3. The van der Waals surface area contributed by atoms with E-state index in [2.05, 4.69) is 41.5 Å². The van der Waals surface area contributed by atoms with Crippen LogP contribution in [-0.4, -0.2) is 19.7 Å². The second kappa shape index (κ2) is 6.84. The summed E-state index contributed by atoms with van der Waals surface area (Å²) >= 11 is 5.99. The predicted octanol–water partition coefficient (Wildman–Crippen LogP) is 5.41. The number of hydrogen-bond donors (Lipinski definition) is 1. The molecule has 0 atom stereocenters. The van der Waals surface area contributed by atoms with E-state index in [1.54, 1.807) is 12.1 Å². The van der Waals surface area contributed by atoms with Gasteiger partial charge in [-0.3, -0.25) is 4.79 Å². The summed E-state index contributed by atoms with van der Waals surface area (Å²) in [5.74, 6) is 0.382. The zero-order chi connectivity index (χ0) is 16.4. The number of rotatable bonds is 6. The van der Waals surface area contributed by atoms with E-state index >= 15 is 0 Å². The number of phenols is 1. The number of aldehydes is 1. The van der Waals surface area contributed by atoms with E-state index in [-0.39, 0.29) is 16.3 Å². The van der Waals surface area contributed by atoms with E-state index in [4.69, 9.17) is 16.0 Å². The molecule has 0 spiro atoms. The Labute approximate surface area is 133 Å². The summed E-state index contributed by atoms with van der Waals surface area (Å²) in [5, 5.41) is 9.89. The molecule has 118 valence electrons. The fourth-order valence-electron chi connectivity index (χ4n) is 3.30. The lowest BCUT2D eigenvalue weighted by Gasteiger charge is -2.42. The lowest BCUT2D eigenvalue weighted by atomic mass is 10.2. The number of hydrogen-bond acceptors (Lipinski definition) is 3. The molecule has 0 aliphatic rings. The SMILES string of the molecule is CC(C)[Si](Oc1cc(Cl)c(O)c(C=O)c1)(C(C)C)C(C)C. The Bertz CT molecular complexity index is 491. The topological polar surface area (TPSA) is 46.5 Å². The Balaban J connectivity index is 3.34. The standard InChI is InChI=1S/C16H25ClO3Si/c1-10(2)21(11(3)4,12(5)6)20-14-7-13(9-18)16(19)15(17)8-14/h7-12,19H,1-6H3. The lowest BCUT2D eigenvalue weighted by molar-refractivity contribution is 0.112. The van der Waals surface area contributed by atoms with Gasteiger partial charge in [0.2, 0.25) is 0 Å². The van der Waals surface area contributed by atoms with Crippen molar-refractivity contribution in [2.24, 2.45) is 0 Å². The van der Waals surface area contributed by atoms with Crippen LogP contribution in [0.3, 0.4) is 0 Å². The van der Waals surface area contributed by atoms with E-state index in [1.807, 2.05) is 0 Å². The van der Waals surface area contributed by atoms with Crippen molar-refractivity contribution in [1.29, 1.82) is 0 Å². The molecule has 0 saturated carbocycles. The molecule has 0 aliphatic carbocycles. The molecular weight excluding hydrogens is 304 g/mol. The highest BCUT2D eigenvalue weighted by atomic mass is 35.5. The highest BCUT2D eigenvalue weighted by Crippen LogP contribution is 2.44. The third-order valence-corrected chi connectivity index (χ3v) is 10.5. The lowest BCUT2D eigenvalue weighted by Crippen LogP contribution is -2.50. The number of aromatic hydroxyl groups is 1. The van der Waals surface area contributed by atoms with Gasteiger partial charge in [-0.1, -0.05) is 53.1 Å². The van der Waals surface area contributed by atoms with Crippen molar-refractivity contribution in [2.45, 2.75) is 58.2 Å². The molecule has 0 radical (unpaired) electrons. The van der Waals surface area contributed by atoms with E-state index in [1.165, 1.54) is 0 Å². The molecule has 5 heteroatoms. The third-order valence-electron chi connectivity index (χ3n) is 4.20. The van der Waals surface area contributed by atoms with Gasteiger partial charge in [0.1, 0.15) is 11.5 Å². The quantitative estimate of drug-likeness (QED) is 0.560. The van der Waals surface area contributed by atoms with E-state index in [9.17, 15) is 9.90 Å². The Morgan fingerprint density at radius 3 is 1.95 bits per heavy atom. The molecule has 1 N–H and O–H groups in total. The molecule has 0 amide bonds. The number of halogens is 1. The number of carbonyl (C=O) groups excluding carboxylic acids is 1. The first kappa shape index (κ1) is 18.0. The minimum absolute atomic E-state index is 0.147. The van der Waals surface area contributed by atoms with Gasteiger partial charge in [-0.15, -0.1) is 0 Å². The first-order chi connectivity index (χ1) is 9.66. The minimum Gasteiger partial charge on any atom is -0.543 e. The van der Waals surface area contributed by atoms with E-state index in [0.717, 1.165) is 0 Å². The maximum atomic E-state index is 11.0. The summed E-state index contributed by atoms with van der Waals surface area (Å²) in [5.41, 5.74) is 1.43. The van der Waals surface area contributed by atoms with Crippen molar-refractivity contribution in [2.75, 3.05) is 0 Å². The highest BCUT2D eigenvalue weighted by molar-refractivity contribution is 6.78. The number of phenolic OH excluding ortho intramolecular Hbond substituents is 1. The predicted molar refractivity (Wildman–Crippen MR) is 90.2 cm³/mol. The Morgan fingerprint density at radius 1 is 1.10 bits per heavy atom. The monoisotopic (exact) mass is 328 g/mol. The maximum absolute atomic E-state index is 11.0. The summed E-state index contributed by atoms with van der Waals surface area (Å²) in [4.78, 5) is 11.0. The molecule has 1 rings (SSSR count). The van der Waals surface area contributed by atoms with Crippen LogP contribution in [-0.2, 0) is 0 Å². The molecule has 0 saturated heterocycles. The molecule has 0 bridgehead atoms. The molecule has 0 aromatic heterocycles. The molecule has 0 heterocycles. The average Bonchev–Trinajstić information content (AvgIpc) is 2.38. The van der Waals surface area contributed by atoms with Crippen molar-refractivity contribution in [3.8, 4) is 11.5 Å². The number of carbonyl (C=O) groups is 1. The molecule has 21 heavy (non-hydrogen) atoms. The molecule has 1 aromatic carbocycles. The van der Waals surface area contributed by atoms with Gasteiger partial charge in [-0.25, -0.2) is 0 Å². The molecular formula is C16H25ClO3Si. The van der Waals surface area contributed by atoms with Crippen LogP contribution in [0.5, 0.6) is 11.5 Å². The molecule has 0 unspecified atom stereocenters. The highest BCUT2D eigenvalue weighted by Gasteiger charge is 2.47. The van der Waals surface area contributed by atoms with Gasteiger partial charge in [-0.2, -0.15) is 0 Å². The van der Waals surface area contributed by atoms with Crippen molar-refractivity contribution in [1.82, 2.24) is 0 Å². The first-order valence-electron chi connectivity index (χ1n) is 7.33.